The van der Waals surface area contributed by atoms with Gasteiger partial charge in [-0.2, -0.15) is 4.98 Å². The van der Waals surface area contributed by atoms with Crippen molar-refractivity contribution in [1.29, 1.82) is 0 Å². The van der Waals surface area contributed by atoms with Gasteiger partial charge in [-0.3, -0.25) is 5.14 Å². The Morgan fingerprint density at radius 1 is 1.37 bits per heavy atom. The number of nitrogens with two attached hydrogens (primary N) is 1. The molecule has 1 aromatic carbocycles. The second-order valence-corrected chi connectivity index (χ2v) is 6.84. The van der Waals surface area contributed by atoms with Crippen LogP contribution in [0.25, 0.3) is 0 Å². The Bertz CT molecular complexity index is 703. The van der Waals surface area contributed by atoms with Crippen molar-refractivity contribution in [2.75, 3.05) is 5.32 Å². The van der Waals surface area contributed by atoms with E-state index in [-0.39, 0.29) is 0 Å². The molecule has 1 heterocycles. The maximum atomic E-state index is 11.5. The largest absolute Gasteiger partial charge is 0.324 e. The Balaban J connectivity index is 2.22. The number of hydrogen-bond acceptors (Lipinski definition) is 4. The van der Waals surface area contributed by atoms with E-state index in [2.05, 4.69) is 37.1 Å². The predicted molar refractivity (Wildman–Crippen MR) is 82.2 cm³/mol. The van der Waals surface area contributed by atoms with Crippen molar-refractivity contribution >= 4 is 54.7 Å². The van der Waals surface area contributed by atoms with E-state index in [1.54, 1.807) is 30.5 Å². The summed E-state index contributed by atoms with van der Waals surface area (Å²) in [5.74, 6) is 3.78. The average molecular weight is 362 g/mol. The summed E-state index contributed by atoms with van der Waals surface area (Å²) in [5.41, 5.74) is 0.728. The summed E-state index contributed by atoms with van der Waals surface area (Å²) < 4.78 is 12.2. The quantitative estimate of drug-likeness (QED) is 0.650. The number of halogens is 2. The molecular weight excluding hydrogens is 352 g/mol. The van der Waals surface area contributed by atoms with Gasteiger partial charge in [0.2, 0.25) is 5.95 Å². The number of anilines is 2. The number of nitrogens with zero attached hydrogens (tertiary/aromatic N) is 2. The van der Waals surface area contributed by atoms with Crippen LogP contribution in [0, 0.1) is 0 Å². The van der Waals surface area contributed by atoms with Gasteiger partial charge >= 0.3 is 0 Å². The van der Waals surface area contributed by atoms with E-state index in [1.807, 2.05) is 0 Å². The van der Waals surface area contributed by atoms with Gasteiger partial charge in [0.1, 0.15) is 5.15 Å². The van der Waals surface area contributed by atoms with Crippen LogP contribution in [0.2, 0.25) is 5.15 Å². The molecule has 3 N–H and O–H groups in total. The van der Waals surface area contributed by atoms with Crippen LogP contribution in [-0.4, -0.2) is 20.0 Å². The normalized spacial score (nSPS) is 13.8. The van der Waals surface area contributed by atoms with Gasteiger partial charge in [-0.15, -0.1) is 0 Å². The van der Waals surface area contributed by atoms with Gasteiger partial charge in [-0.05, 0) is 46.1 Å². The second-order valence-electron chi connectivity index (χ2n) is 3.71. The first-order valence-corrected chi connectivity index (χ1v) is 8.02. The predicted octanol–water partition coefficient (Wildman–Crippen LogP) is 2.59. The van der Waals surface area contributed by atoms with Crippen molar-refractivity contribution in [2.24, 2.45) is 5.14 Å². The fourth-order valence-electron chi connectivity index (χ4n) is 1.30. The first-order valence-electron chi connectivity index (χ1n) is 5.06. The van der Waals surface area contributed by atoms with Crippen LogP contribution < -0.4 is 10.5 Å². The van der Waals surface area contributed by atoms with Crippen LogP contribution in [-0.2, 0) is 9.71 Å². The highest BCUT2D eigenvalue weighted by Crippen LogP contribution is 2.22. The summed E-state index contributed by atoms with van der Waals surface area (Å²) in [4.78, 5) is 8.58. The number of hydrogen-bond donors (Lipinski definition) is 2. The first-order chi connectivity index (χ1) is 8.86. The van der Waals surface area contributed by atoms with Crippen LogP contribution in [0.15, 0.2) is 39.8 Å². The molecular formula is C11H10BrClN4OS. The number of aromatic nitrogens is 2. The summed E-state index contributed by atoms with van der Waals surface area (Å²) in [6.45, 7) is 0. The Hall–Kier alpha value is -1.15. The zero-order valence-electron chi connectivity index (χ0n) is 9.64. The van der Waals surface area contributed by atoms with Crippen LogP contribution in [0.1, 0.15) is 0 Å². The maximum Gasteiger partial charge on any atom is 0.228 e. The second kappa shape index (κ2) is 5.46. The summed E-state index contributed by atoms with van der Waals surface area (Å²) in [6, 6.07) is 6.70. The lowest BCUT2D eigenvalue weighted by atomic mass is 10.3. The van der Waals surface area contributed by atoms with Crippen molar-refractivity contribution < 1.29 is 4.21 Å². The Kier molecular flexibility index (Phi) is 4.10. The minimum Gasteiger partial charge on any atom is -0.324 e. The molecule has 0 aliphatic heterocycles. The van der Waals surface area contributed by atoms with Crippen molar-refractivity contribution in [3.05, 3.63) is 40.1 Å². The molecule has 0 aliphatic rings. The van der Waals surface area contributed by atoms with E-state index in [9.17, 15) is 4.21 Å². The molecule has 0 fully saturated rings. The van der Waals surface area contributed by atoms with Gasteiger partial charge in [0.05, 0.1) is 14.2 Å². The van der Waals surface area contributed by atoms with Gasteiger partial charge in [0, 0.05) is 16.8 Å². The van der Waals surface area contributed by atoms with E-state index in [4.69, 9.17) is 16.7 Å². The molecule has 0 bridgehead atoms. The van der Waals surface area contributed by atoms with Crippen molar-refractivity contribution in [3.63, 3.8) is 0 Å². The molecule has 1 unspecified atom stereocenters. The summed E-state index contributed by atoms with van der Waals surface area (Å²) in [6.07, 6.45) is 1.55. The molecule has 0 saturated carbocycles. The van der Waals surface area contributed by atoms with Gasteiger partial charge in [-0.1, -0.05) is 11.6 Å². The van der Waals surface area contributed by atoms with Crippen molar-refractivity contribution in [1.82, 2.24) is 9.97 Å². The van der Waals surface area contributed by atoms with Gasteiger partial charge in [0.25, 0.3) is 0 Å². The molecule has 5 nitrogen and oxygen atoms in total. The van der Waals surface area contributed by atoms with Gasteiger partial charge in [0.15, 0.2) is 0 Å². The number of nitrogens with one attached hydrogen (secondary N) is 1. The monoisotopic (exact) mass is 360 g/mol. The van der Waals surface area contributed by atoms with Crippen LogP contribution in [0.4, 0.5) is 11.6 Å². The highest BCUT2D eigenvalue weighted by molar-refractivity contribution is 9.10. The molecule has 0 spiro atoms. The standard InChI is InChI=1S/C11H10BrClN4OS/c1-19(14,18)8-4-2-7(3-5-8)16-11-15-6-9(12)10(13)17-11/h2-6H,1H2,(H2,14,18)(H,15,16,17). The van der Waals surface area contributed by atoms with Crippen molar-refractivity contribution in [2.45, 2.75) is 4.90 Å². The fraction of sp³-hybridized carbons (Fsp3) is 0. The highest BCUT2D eigenvalue weighted by atomic mass is 79.9. The molecule has 0 saturated heterocycles. The smallest absolute Gasteiger partial charge is 0.228 e. The molecule has 0 aliphatic carbocycles. The third-order valence-electron chi connectivity index (χ3n) is 2.21. The number of benzene rings is 1. The zero-order chi connectivity index (χ0) is 14.0. The molecule has 8 heteroatoms. The van der Waals surface area contributed by atoms with E-state index in [0.717, 1.165) is 5.69 Å². The molecule has 100 valence electrons. The average Bonchev–Trinajstić information content (AvgIpc) is 2.33. The summed E-state index contributed by atoms with van der Waals surface area (Å²) in [5, 5.41) is 8.73. The lowest BCUT2D eigenvalue weighted by Crippen LogP contribution is -2.11. The molecule has 0 amide bonds. The lowest BCUT2D eigenvalue weighted by Gasteiger charge is -2.07. The van der Waals surface area contributed by atoms with Gasteiger partial charge in [-0.25, -0.2) is 9.19 Å². The Morgan fingerprint density at radius 3 is 2.53 bits per heavy atom. The molecule has 1 aromatic heterocycles. The minimum atomic E-state index is -2.69. The molecule has 2 aromatic rings. The summed E-state index contributed by atoms with van der Waals surface area (Å²) in [7, 11) is -2.69. The van der Waals surface area contributed by atoms with E-state index >= 15 is 0 Å². The Labute approximate surface area is 124 Å². The zero-order valence-corrected chi connectivity index (χ0v) is 12.8. The number of rotatable bonds is 3. The topological polar surface area (TPSA) is 80.9 Å². The van der Waals surface area contributed by atoms with E-state index in [1.165, 1.54) is 0 Å². The van der Waals surface area contributed by atoms with Gasteiger partial charge < -0.3 is 5.32 Å². The Morgan fingerprint density at radius 2 is 2.00 bits per heavy atom. The van der Waals surface area contributed by atoms with Crippen molar-refractivity contribution in [3.8, 4) is 0 Å². The molecule has 19 heavy (non-hydrogen) atoms. The third-order valence-corrected chi connectivity index (χ3v) is 4.38. The highest BCUT2D eigenvalue weighted by Gasteiger charge is 2.04. The molecule has 2 rings (SSSR count). The molecule has 0 radical (unpaired) electrons. The lowest BCUT2D eigenvalue weighted by molar-refractivity contribution is 0.682. The SMILES string of the molecule is C=S(N)(=O)c1ccc(Nc2ncc(Br)c(Cl)n2)cc1. The van der Waals surface area contributed by atoms with E-state index < -0.39 is 9.71 Å². The van der Waals surface area contributed by atoms with Crippen LogP contribution in [0.5, 0.6) is 0 Å². The fourth-order valence-corrected chi connectivity index (χ4v) is 2.22. The van der Waals surface area contributed by atoms with Crippen LogP contribution >= 0.6 is 27.5 Å². The minimum absolute atomic E-state index is 0.317. The third kappa shape index (κ3) is 3.66. The van der Waals surface area contributed by atoms with Crippen LogP contribution in [0.3, 0.4) is 0 Å². The first kappa shape index (κ1) is 14.3. The van der Waals surface area contributed by atoms with E-state index in [0.29, 0.717) is 20.5 Å². The molecule has 1 atom stereocenters. The maximum absolute atomic E-state index is 11.5. The summed E-state index contributed by atoms with van der Waals surface area (Å²) >= 11 is 9.07.